The van der Waals surface area contributed by atoms with E-state index in [-0.39, 0.29) is 12.1 Å². The van der Waals surface area contributed by atoms with E-state index in [9.17, 15) is 0 Å². The summed E-state index contributed by atoms with van der Waals surface area (Å²) in [5.41, 5.74) is 7.28. The topological polar surface area (TPSA) is 35.2 Å². The summed E-state index contributed by atoms with van der Waals surface area (Å²) in [5, 5.41) is 0.757. The summed E-state index contributed by atoms with van der Waals surface area (Å²) in [4.78, 5) is 0. The van der Waals surface area contributed by atoms with Crippen molar-refractivity contribution in [2.75, 3.05) is 0 Å². The van der Waals surface area contributed by atoms with Gasteiger partial charge in [0, 0.05) is 16.6 Å². The smallest absolute Gasteiger partial charge is 0.0993 e. The van der Waals surface area contributed by atoms with Crippen molar-refractivity contribution in [3.63, 3.8) is 0 Å². The van der Waals surface area contributed by atoms with Crippen LogP contribution in [0.1, 0.15) is 57.1 Å². The van der Waals surface area contributed by atoms with Crippen molar-refractivity contribution in [2.24, 2.45) is 5.73 Å². The average molecular weight is 282 g/mol. The predicted molar refractivity (Wildman–Crippen MR) is 80.4 cm³/mol. The summed E-state index contributed by atoms with van der Waals surface area (Å²) in [6.45, 7) is 2.10. The Hall–Kier alpha value is -0.570. The predicted octanol–water partition coefficient (Wildman–Crippen LogP) is 4.47. The largest absolute Gasteiger partial charge is 0.369 e. The summed E-state index contributed by atoms with van der Waals surface area (Å²) in [5.74, 6) is 0. The molecule has 1 aromatic carbocycles. The lowest BCUT2D eigenvalue weighted by molar-refractivity contribution is -0.0436. The van der Waals surface area contributed by atoms with Crippen molar-refractivity contribution in [2.45, 2.75) is 63.7 Å². The van der Waals surface area contributed by atoms with Gasteiger partial charge in [0.1, 0.15) is 0 Å². The van der Waals surface area contributed by atoms with Crippen molar-refractivity contribution in [3.8, 4) is 0 Å². The Morgan fingerprint density at radius 1 is 1.26 bits per heavy atom. The molecular weight excluding hydrogens is 258 g/mol. The maximum absolute atomic E-state index is 6.30. The standard InChI is InChI=1S/C16H24ClNO/c1-2-15(18)16(13-10-6-7-11-14(13)17)19-12-8-4-3-5-9-12/h6-7,10-12,15-16H,2-5,8-9,18H2,1H3. The van der Waals surface area contributed by atoms with Crippen molar-refractivity contribution >= 4 is 11.6 Å². The van der Waals surface area contributed by atoms with Crippen LogP contribution in [-0.4, -0.2) is 12.1 Å². The van der Waals surface area contributed by atoms with Crippen LogP contribution in [0.5, 0.6) is 0 Å². The molecule has 0 heterocycles. The van der Waals surface area contributed by atoms with Crippen LogP contribution in [0.3, 0.4) is 0 Å². The molecule has 0 bridgehead atoms. The fraction of sp³-hybridized carbons (Fsp3) is 0.625. The van der Waals surface area contributed by atoms with E-state index < -0.39 is 0 Å². The minimum atomic E-state index is -0.0817. The lowest BCUT2D eigenvalue weighted by Gasteiger charge is -2.31. The number of hydrogen-bond donors (Lipinski definition) is 1. The Labute approximate surface area is 121 Å². The number of halogens is 1. The minimum Gasteiger partial charge on any atom is -0.369 e. The first-order valence-electron chi connectivity index (χ1n) is 7.37. The number of hydrogen-bond acceptors (Lipinski definition) is 2. The van der Waals surface area contributed by atoms with Crippen molar-refractivity contribution in [1.82, 2.24) is 0 Å². The molecule has 0 saturated heterocycles. The molecular formula is C16H24ClNO. The highest BCUT2D eigenvalue weighted by Gasteiger charge is 2.26. The Bertz CT molecular complexity index is 390. The molecule has 1 fully saturated rings. The lowest BCUT2D eigenvalue weighted by Crippen LogP contribution is -2.33. The van der Waals surface area contributed by atoms with Gasteiger partial charge in [-0.2, -0.15) is 0 Å². The first kappa shape index (κ1) is 14.8. The zero-order valence-electron chi connectivity index (χ0n) is 11.6. The van der Waals surface area contributed by atoms with E-state index in [1.165, 1.54) is 19.3 Å². The minimum absolute atomic E-state index is 0.00169. The Morgan fingerprint density at radius 2 is 1.95 bits per heavy atom. The second-order valence-electron chi connectivity index (χ2n) is 5.41. The molecule has 1 aromatic rings. The van der Waals surface area contributed by atoms with Gasteiger partial charge in [-0.1, -0.05) is 56.0 Å². The van der Waals surface area contributed by atoms with Crippen LogP contribution < -0.4 is 5.73 Å². The van der Waals surface area contributed by atoms with E-state index in [2.05, 4.69) is 6.92 Å². The third kappa shape index (κ3) is 3.95. The highest BCUT2D eigenvalue weighted by molar-refractivity contribution is 6.31. The van der Waals surface area contributed by atoms with Gasteiger partial charge in [0.05, 0.1) is 12.2 Å². The normalized spacial score (nSPS) is 20.2. The van der Waals surface area contributed by atoms with Crippen molar-refractivity contribution in [1.29, 1.82) is 0 Å². The maximum atomic E-state index is 6.30. The second-order valence-corrected chi connectivity index (χ2v) is 5.82. The molecule has 3 heteroatoms. The van der Waals surface area contributed by atoms with Crippen LogP contribution in [-0.2, 0) is 4.74 Å². The third-order valence-electron chi connectivity index (χ3n) is 3.96. The van der Waals surface area contributed by atoms with Crippen LogP contribution in [0.15, 0.2) is 24.3 Å². The summed E-state index contributed by atoms with van der Waals surface area (Å²) in [6.07, 6.45) is 7.31. The van der Waals surface area contributed by atoms with Gasteiger partial charge in [-0.3, -0.25) is 0 Å². The van der Waals surface area contributed by atoms with E-state index in [1.54, 1.807) is 0 Å². The average Bonchev–Trinajstić information content (AvgIpc) is 2.46. The molecule has 106 valence electrons. The number of ether oxygens (including phenoxy) is 1. The van der Waals surface area contributed by atoms with Crippen LogP contribution >= 0.6 is 11.6 Å². The van der Waals surface area contributed by atoms with E-state index in [4.69, 9.17) is 22.1 Å². The monoisotopic (exact) mass is 281 g/mol. The SMILES string of the molecule is CCC(N)C(OC1CCCCC1)c1ccccc1Cl. The third-order valence-corrected chi connectivity index (χ3v) is 4.31. The van der Waals surface area contributed by atoms with E-state index in [0.29, 0.717) is 6.10 Å². The molecule has 0 aromatic heterocycles. The Balaban J connectivity index is 2.13. The summed E-state index contributed by atoms with van der Waals surface area (Å²) < 4.78 is 6.30. The molecule has 2 unspecified atom stereocenters. The Morgan fingerprint density at radius 3 is 2.58 bits per heavy atom. The first-order valence-corrected chi connectivity index (χ1v) is 7.75. The maximum Gasteiger partial charge on any atom is 0.0993 e. The van der Waals surface area contributed by atoms with Gasteiger partial charge < -0.3 is 10.5 Å². The number of rotatable bonds is 5. The van der Waals surface area contributed by atoms with Crippen LogP contribution in [0.4, 0.5) is 0 Å². The molecule has 2 N–H and O–H groups in total. The quantitative estimate of drug-likeness (QED) is 0.864. The summed E-state index contributed by atoms with van der Waals surface area (Å²) >= 11 is 6.30. The highest BCUT2D eigenvalue weighted by atomic mass is 35.5. The molecule has 2 atom stereocenters. The lowest BCUT2D eigenvalue weighted by atomic mass is 9.95. The molecule has 0 radical (unpaired) electrons. The zero-order chi connectivity index (χ0) is 13.7. The van der Waals surface area contributed by atoms with Crippen LogP contribution in [0.2, 0.25) is 5.02 Å². The van der Waals surface area contributed by atoms with Gasteiger partial charge in [-0.15, -0.1) is 0 Å². The van der Waals surface area contributed by atoms with E-state index in [0.717, 1.165) is 29.8 Å². The highest BCUT2D eigenvalue weighted by Crippen LogP contribution is 2.32. The molecule has 2 rings (SSSR count). The van der Waals surface area contributed by atoms with Gasteiger partial charge in [0.15, 0.2) is 0 Å². The van der Waals surface area contributed by atoms with Crippen LogP contribution in [0, 0.1) is 0 Å². The summed E-state index contributed by atoms with van der Waals surface area (Å²) in [6, 6.07) is 7.89. The molecule has 1 aliphatic carbocycles. The van der Waals surface area contributed by atoms with Gasteiger partial charge in [-0.25, -0.2) is 0 Å². The molecule has 2 nitrogen and oxygen atoms in total. The van der Waals surface area contributed by atoms with Crippen molar-refractivity contribution in [3.05, 3.63) is 34.9 Å². The van der Waals surface area contributed by atoms with Gasteiger partial charge in [0.2, 0.25) is 0 Å². The van der Waals surface area contributed by atoms with E-state index in [1.807, 2.05) is 24.3 Å². The zero-order valence-corrected chi connectivity index (χ0v) is 12.4. The molecule has 1 aliphatic rings. The fourth-order valence-corrected chi connectivity index (χ4v) is 2.98. The van der Waals surface area contributed by atoms with Crippen molar-refractivity contribution < 1.29 is 4.74 Å². The molecule has 0 amide bonds. The van der Waals surface area contributed by atoms with Gasteiger partial charge >= 0.3 is 0 Å². The first-order chi connectivity index (χ1) is 9.22. The summed E-state index contributed by atoms with van der Waals surface area (Å²) in [7, 11) is 0. The number of nitrogens with two attached hydrogens (primary N) is 1. The Kier molecular flexibility index (Phi) is 5.68. The molecule has 0 spiro atoms. The molecule has 19 heavy (non-hydrogen) atoms. The van der Waals surface area contributed by atoms with Gasteiger partial charge in [-0.05, 0) is 25.3 Å². The van der Waals surface area contributed by atoms with E-state index >= 15 is 0 Å². The fourth-order valence-electron chi connectivity index (χ4n) is 2.73. The molecule has 1 saturated carbocycles. The number of benzene rings is 1. The van der Waals surface area contributed by atoms with Crippen LogP contribution in [0.25, 0.3) is 0 Å². The van der Waals surface area contributed by atoms with Gasteiger partial charge in [0.25, 0.3) is 0 Å². The second kappa shape index (κ2) is 7.28. The molecule has 0 aliphatic heterocycles.